The van der Waals surface area contributed by atoms with Crippen LogP contribution in [0.1, 0.15) is 51.7 Å². The molecule has 0 unspecified atom stereocenters. The number of ketones is 2. The normalized spacial score (nSPS) is 25.3. The second-order valence-electron chi connectivity index (χ2n) is 10.7. The molecule has 43 heavy (non-hydrogen) atoms. The van der Waals surface area contributed by atoms with E-state index in [1.807, 2.05) is 0 Å². The molecule has 0 bridgehead atoms. The molecule has 0 fully saturated rings. The number of ether oxygens (including phenoxy) is 1. The number of aromatic hydroxyl groups is 1. The van der Waals surface area contributed by atoms with Crippen LogP contribution < -0.4 is 9.57 Å². The third kappa shape index (κ3) is 4.00. The van der Waals surface area contributed by atoms with Crippen LogP contribution in [0, 0.1) is 17.0 Å². The van der Waals surface area contributed by atoms with Crippen LogP contribution in [-0.4, -0.2) is 58.7 Å². The number of Topliss-reactive ketones (excluding diaryl/α,β-unsaturated/α-hetero) is 2. The summed E-state index contributed by atoms with van der Waals surface area (Å²) in [6.07, 6.45) is 0.533. The summed E-state index contributed by atoms with van der Waals surface area (Å²) >= 11 is 0. The number of allylic oxidation sites excluding steroid dienone is 3. The second-order valence-corrected chi connectivity index (χ2v) is 10.7. The molecule has 1 aliphatic carbocycles. The maximum atomic E-state index is 14.4. The number of aliphatic hydroxyl groups is 3. The number of hydroxylamine groups is 6. The van der Waals surface area contributed by atoms with Crippen LogP contribution in [-0.2, 0) is 14.4 Å². The van der Waals surface area contributed by atoms with Gasteiger partial charge < -0.3 is 30.4 Å². The van der Waals surface area contributed by atoms with Crippen LogP contribution >= 0.6 is 0 Å². The summed E-state index contributed by atoms with van der Waals surface area (Å²) in [4.78, 5) is 43.8. The number of aliphatic hydroxyl groups excluding tert-OH is 3. The zero-order valence-electron chi connectivity index (χ0n) is 23.7. The van der Waals surface area contributed by atoms with E-state index < -0.39 is 68.4 Å². The van der Waals surface area contributed by atoms with Crippen molar-refractivity contribution in [3.05, 3.63) is 81.9 Å². The molecule has 3 aliphatic rings. The molecular weight excluding hydrogens is 564 g/mol. The first-order valence-corrected chi connectivity index (χ1v) is 13.6. The summed E-state index contributed by atoms with van der Waals surface area (Å²) in [5, 5.41) is 67.7. The number of rotatable bonds is 6. The first kappa shape index (κ1) is 29.6. The molecular formula is C30H30N2O11. The van der Waals surface area contributed by atoms with E-state index in [-0.39, 0.29) is 45.6 Å². The zero-order chi connectivity index (χ0) is 31.6. The number of benzene rings is 2. The Hall–Kier alpha value is -4.85. The summed E-state index contributed by atoms with van der Waals surface area (Å²) in [6.45, 7) is 6.51. The van der Waals surface area contributed by atoms with Crippen LogP contribution in [0.5, 0.6) is 17.2 Å². The highest BCUT2D eigenvalue weighted by Crippen LogP contribution is 2.52. The fraction of sp³-hybridized carbons (Fsp3) is 0.300. The van der Waals surface area contributed by atoms with Gasteiger partial charge in [0.1, 0.15) is 5.75 Å². The number of carbonyl (C=O) groups excluding carboxylic acids is 3. The fourth-order valence-corrected chi connectivity index (χ4v) is 5.47. The predicted octanol–water partition coefficient (Wildman–Crippen LogP) is 4.53. The Morgan fingerprint density at radius 3 is 1.98 bits per heavy atom. The Morgan fingerprint density at radius 1 is 0.860 bits per heavy atom. The Morgan fingerprint density at radius 2 is 1.42 bits per heavy atom. The summed E-state index contributed by atoms with van der Waals surface area (Å²) in [5.74, 6) is -8.45. The fourth-order valence-electron chi connectivity index (χ4n) is 5.47. The van der Waals surface area contributed by atoms with Crippen LogP contribution in [0.15, 0.2) is 65.6 Å². The number of quaternary nitrogens is 1. The van der Waals surface area contributed by atoms with Gasteiger partial charge in [0, 0.05) is 5.92 Å². The monoisotopic (exact) mass is 594 g/mol. The molecule has 2 aromatic carbocycles. The minimum Gasteiger partial charge on any atom is -0.578 e. The summed E-state index contributed by atoms with van der Waals surface area (Å²) < 4.78 is 6.04. The van der Waals surface area contributed by atoms with E-state index in [1.54, 1.807) is 20.8 Å². The molecule has 0 spiro atoms. The van der Waals surface area contributed by atoms with Crippen molar-refractivity contribution in [1.82, 2.24) is 5.06 Å². The van der Waals surface area contributed by atoms with Gasteiger partial charge in [0.2, 0.25) is 17.3 Å². The van der Waals surface area contributed by atoms with Crippen molar-refractivity contribution >= 4 is 28.6 Å². The number of hydrogen-bond donors (Lipinski definition) is 5. The number of amides is 1. The molecule has 0 saturated carbocycles. The van der Waals surface area contributed by atoms with Gasteiger partial charge in [0.15, 0.2) is 23.0 Å². The van der Waals surface area contributed by atoms with E-state index in [9.17, 15) is 45.2 Å². The van der Waals surface area contributed by atoms with Crippen molar-refractivity contribution < 1.29 is 54.4 Å². The molecule has 5 N–H and O–H groups in total. The number of fused-ring (bicyclic) bond motifs is 2. The molecule has 13 heteroatoms. The lowest BCUT2D eigenvalue weighted by Gasteiger charge is -2.56. The average molecular weight is 595 g/mol. The van der Waals surface area contributed by atoms with Crippen molar-refractivity contribution in [2.75, 3.05) is 0 Å². The number of nitrogens with zero attached hydrogens (tertiary/aromatic N) is 2. The Kier molecular flexibility index (Phi) is 7.00. The molecule has 2 heterocycles. The maximum Gasteiger partial charge on any atom is 0.374 e. The lowest BCUT2D eigenvalue weighted by molar-refractivity contribution is -1.08. The highest BCUT2D eigenvalue weighted by Gasteiger charge is 2.72. The largest absolute Gasteiger partial charge is 0.578 e. The molecule has 0 aromatic heterocycles. The van der Waals surface area contributed by atoms with E-state index in [2.05, 4.69) is 0 Å². The van der Waals surface area contributed by atoms with Gasteiger partial charge in [-0.05, 0) is 54.3 Å². The van der Waals surface area contributed by atoms with Crippen molar-refractivity contribution in [3.63, 3.8) is 0 Å². The van der Waals surface area contributed by atoms with Gasteiger partial charge in [-0.3, -0.25) is 24.4 Å². The van der Waals surface area contributed by atoms with E-state index >= 15 is 0 Å². The summed E-state index contributed by atoms with van der Waals surface area (Å²) in [6, 6.07) is 8.61. The smallest absolute Gasteiger partial charge is 0.374 e. The Balaban J connectivity index is 1.64. The van der Waals surface area contributed by atoms with E-state index in [0.29, 0.717) is 6.42 Å². The van der Waals surface area contributed by atoms with E-state index in [4.69, 9.17) is 9.57 Å². The van der Waals surface area contributed by atoms with Gasteiger partial charge >= 0.3 is 17.5 Å². The van der Waals surface area contributed by atoms with Gasteiger partial charge in [-0.2, -0.15) is 5.06 Å². The Labute approximate surface area is 245 Å². The molecule has 226 valence electrons. The van der Waals surface area contributed by atoms with Gasteiger partial charge in [-0.1, -0.05) is 44.6 Å². The zero-order valence-corrected chi connectivity index (χ0v) is 23.7. The van der Waals surface area contributed by atoms with Gasteiger partial charge in [-0.25, -0.2) is 0 Å². The molecule has 5 rings (SSSR count). The van der Waals surface area contributed by atoms with Crippen LogP contribution in [0.3, 0.4) is 0 Å². The molecule has 2 aliphatic heterocycles. The average Bonchev–Trinajstić information content (AvgIpc) is 2.99. The molecule has 0 radical (unpaired) electrons. The maximum absolute atomic E-state index is 14.4. The van der Waals surface area contributed by atoms with Crippen molar-refractivity contribution in [1.29, 1.82) is 0 Å². The first-order valence-electron chi connectivity index (χ1n) is 13.6. The van der Waals surface area contributed by atoms with Crippen LogP contribution in [0.4, 0.5) is 0 Å². The highest BCUT2D eigenvalue weighted by atomic mass is 17.0. The molecule has 4 atom stereocenters. The SMILES string of the molecule is CC[C@H](C)C1=C(O)[N@@+]2([O-])Oc3ccc(C4=C(O)C(=O)C(c5ccc(O)cc5)=C(O)C4=O)cc3O[C@]2([C@@H](C)CC)C(=O)N1O. The van der Waals surface area contributed by atoms with Gasteiger partial charge in [-0.15, -0.1) is 0 Å². The van der Waals surface area contributed by atoms with Crippen molar-refractivity contribution in [2.24, 2.45) is 11.8 Å². The number of phenols is 1. The number of carbonyl (C=O) groups is 3. The topological polar surface area (TPSA) is 197 Å². The third-order valence-corrected chi connectivity index (χ3v) is 8.27. The molecule has 0 saturated heterocycles. The minimum atomic E-state index is -2.56. The number of hydrogen-bond acceptors (Lipinski definition) is 11. The third-order valence-electron chi connectivity index (χ3n) is 8.27. The van der Waals surface area contributed by atoms with Crippen LogP contribution in [0.25, 0.3) is 11.1 Å². The molecule has 1 amide bonds. The summed E-state index contributed by atoms with van der Waals surface area (Å²) in [5.41, 5.74) is -3.99. The minimum absolute atomic E-state index is 0.0791. The van der Waals surface area contributed by atoms with Crippen LogP contribution in [0.2, 0.25) is 0 Å². The first-order chi connectivity index (χ1) is 20.2. The number of phenolic OH excluding ortho intramolecular Hbond substituents is 1. The molecule has 13 nitrogen and oxygen atoms in total. The van der Waals surface area contributed by atoms with Crippen molar-refractivity contribution in [2.45, 2.75) is 46.3 Å². The van der Waals surface area contributed by atoms with Gasteiger partial charge in [0.05, 0.1) is 17.1 Å². The highest BCUT2D eigenvalue weighted by molar-refractivity contribution is 6.46. The van der Waals surface area contributed by atoms with E-state index in [1.165, 1.54) is 43.3 Å². The lowest BCUT2D eigenvalue weighted by Crippen LogP contribution is -2.78. The van der Waals surface area contributed by atoms with Gasteiger partial charge in [0.25, 0.3) is 0 Å². The summed E-state index contributed by atoms with van der Waals surface area (Å²) in [7, 11) is 0. The standard InChI is InChI=1S/C30H30N2O11/c1-5-14(3)23-28(38)32(41)30(15(4)6-2,29(39)31(23)40)42-20-13-17(9-12-19(20)43-32)22-26(36)24(34)21(25(35)27(22)37)16-7-10-18(33)11-8-16/h7-15,33-34,37-38,40H,5-6H2,1-4H3/t14-,15-,30+,32+/m0/s1. The molecule has 2 aromatic rings. The Bertz CT molecular complexity index is 1660. The predicted molar refractivity (Wildman–Crippen MR) is 148 cm³/mol. The van der Waals surface area contributed by atoms with Crippen molar-refractivity contribution in [3.8, 4) is 17.2 Å². The second kappa shape index (κ2) is 10.2. The lowest BCUT2D eigenvalue weighted by atomic mass is 9.86. The quantitative estimate of drug-likeness (QED) is 0.136. The van der Waals surface area contributed by atoms with E-state index in [0.717, 1.165) is 6.07 Å².